The highest BCUT2D eigenvalue weighted by Crippen LogP contribution is 2.31. The maximum atomic E-state index is 11.1. The van der Waals surface area contributed by atoms with Gasteiger partial charge in [-0.05, 0) is 19.4 Å². The van der Waals surface area contributed by atoms with Gasteiger partial charge < -0.3 is 0 Å². The first-order valence-corrected chi connectivity index (χ1v) is 5.01. The van der Waals surface area contributed by atoms with Crippen molar-refractivity contribution >= 4 is 5.78 Å². The summed E-state index contributed by atoms with van der Waals surface area (Å²) in [5, 5.41) is 0. The molecular weight excluding hydrogens is 174 g/mol. The van der Waals surface area contributed by atoms with Gasteiger partial charge in [-0.1, -0.05) is 30.3 Å². The van der Waals surface area contributed by atoms with E-state index in [2.05, 4.69) is 24.0 Å². The summed E-state index contributed by atoms with van der Waals surface area (Å²) in [5.41, 5.74) is 1.29. The van der Waals surface area contributed by atoms with Crippen LogP contribution in [0.25, 0.3) is 0 Å². The first-order valence-electron chi connectivity index (χ1n) is 5.01. The lowest BCUT2D eigenvalue weighted by atomic mass is 10.1. The Kier molecular flexibility index (Phi) is 2.38. The second kappa shape index (κ2) is 3.54. The van der Waals surface area contributed by atoms with Crippen LogP contribution < -0.4 is 0 Å². The highest BCUT2D eigenvalue weighted by molar-refractivity contribution is 5.84. The molecule has 2 rings (SSSR count). The zero-order valence-electron chi connectivity index (χ0n) is 8.60. The minimum Gasteiger partial charge on any atom is -0.298 e. The number of hydrogen-bond acceptors (Lipinski definition) is 2. The van der Waals surface area contributed by atoms with Gasteiger partial charge in [-0.3, -0.25) is 9.69 Å². The van der Waals surface area contributed by atoms with Gasteiger partial charge in [0.25, 0.3) is 0 Å². The number of ketones is 1. The van der Waals surface area contributed by atoms with E-state index in [-0.39, 0.29) is 11.8 Å². The fourth-order valence-corrected chi connectivity index (χ4v) is 1.87. The zero-order chi connectivity index (χ0) is 10.1. The van der Waals surface area contributed by atoms with Crippen LogP contribution in [0.4, 0.5) is 0 Å². The molecule has 1 aromatic rings. The molecule has 1 fully saturated rings. The Morgan fingerprint density at radius 1 is 1.43 bits per heavy atom. The number of benzene rings is 1. The molecule has 3 atom stereocenters. The van der Waals surface area contributed by atoms with E-state index >= 15 is 0 Å². The summed E-state index contributed by atoms with van der Waals surface area (Å²) in [4.78, 5) is 13.3. The van der Waals surface area contributed by atoms with Crippen LogP contribution in [-0.4, -0.2) is 23.3 Å². The van der Waals surface area contributed by atoms with E-state index in [1.165, 1.54) is 5.56 Å². The SMILES string of the molecule is CC(=O)C1C[N@@]1[C@@H](C)c1ccccc1. The third-order valence-electron chi connectivity index (χ3n) is 2.90. The summed E-state index contributed by atoms with van der Waals surface area (Å²) in [7, 11) is 0. The summed E-state index contributed by atoms with van der Waals surface area (Å²) in [6.45, 7) is 4.74. The largest absolute Gasteiger partial charge is 0.298 e. The van der Waals surface area contributed by atoms with Crippen LogP contribution in [0.3, 0.4) is 0 Å². The maximum Gasteiger partial charge on any atom is 0.148 e. The van der Waals surface area contributed by atoms with Crippen molar-refractivity contribution in [2.24, 2.45) is 0 Å². The van der Waals surface area contributed by atoms with Crippen molar-refractivity contribution in [2.75, 3.05) is 6.54 Å². The predicted octanol–water partition coefficient (Wildman–Crippen LogP) is 2.02. The molecule has 0 aromatic heterocycles. The molecule has 0 N–H and O–H groups in total. The molecule has 1 aliphatic heterocycles. The monoisotopic (exact) mass is 189 g/mol. The van der Waals surface area contributed by atoms with Crippen LogP contribution in [0.1, 0.15) is 25.5 Å². The molecule has 0 saturated carbocycles. The van der Waals surface area contributed by atoms with Crippen molar-refractivity contribution in [1.82, 2.24) is 4.90 Å². The normalized spacial score (nSPS) is 27.0. The van der Waals surface area contributed by atoms with E-state index in [4.69, 9.17) is 0 Å². The number of nitrogens with zero attached hydrogens (tertiary/aromatic N) is 1. The van der Waals surface area contributed by atoms with E-state index < -0.39 is 0 Å². The van der Waals surface area contributed by atoms with Gasteiger partial charge in [-0.15, -0.1) is 0 Å². The van der Waals surface area contributed by atoms with Crippen LogP contribution in [0.5, 0.6) is 0 Å². The summed E-state index contributed by atoms with van der Waals surface area (Å²) >= 11 is 0. The van der Waals surface area contributed by atoms with Crippen molar-refractivity contribution in [3.63, 3.8) is 0 Å². The number of rotatable bonds is 3. The summed E-state index contributed by atoms with van der Waals surface area (Å²) in [6.07, 6.45) is 0. The molecule has 2 heteroatoms. The molecule has 74 valence electrons. The molecule has 1 unspecified atom stereocenters. The number of carbonyl (C=O) groups is 1. The average Bonchev–Trinajstić information content (AvgIpc) is 2.97. The van der Waals surface area contributed by atoms with Gasteiger partial charge in [0.05, 0.1) is 6.04 Å². The van der Waals surface area contributed by atoms with Crippen molar-refractivity contribution in [3.05, 3.63) is 35.9 Å². The Hall–Kier alpha value is -1.15. The summed E-state index contributed by atoms with van der Waals surface area (Å²) in [6, 6.07) is 10.9. The zero-order valence-corrected chi connectivity index (χ0v) is 8.60. The summed E-state index contributed by atoms with van der Waals surface area (Å²) in [5.74, 6) is 0.285. The topological polar surface area (TPSA) is 20.1 Å². The highest BCUT2D eigenvalue weighted by atomic mass is 16.1. The lowest BCUT2D eigenvalue weighted by molar-refractivity contribution is -0.117. The van der Waals surface area contributed by atoms with Crippen LogP contribution in [0.15, 0.2) is 30.3 Å². The lowest BCUT2D eigenvalue weighted by Gasteiger charge is -2.13. The molecule has 0 spiro atoms. The number of carbonyl (C=O) groups excluding carboxylic acids is 1. The molecule has 0 radical (unpaired) electrons. The van der Waals surface area contributed by atoms with Crippen LogP contribution >= 0.6 is 0 Å². The Morgan fingerprint density at radius 2 is 2.07 bits per heavy atom. The number of hydrogen-bond donors (Lipinski definition) is 0. The van der Waals surface area contributed by atoms with Gasteiger partial charge in [0.1, 0.15) is 5.78 Å². The molecule has 2 nitrogen and oxygen atoms in total. The molecule has 1 aromatic carbocycles. The fraction of sp³-hybridized carbons (Fsp3) is 0.417. The fourth-order valence-electron chi connectivity index (χ4n) is 1.87. The van der Waals surface area contributed by atoms with E-state index in [0.717, 1.165) is 6.54 Å². The first kappa shape index (κ1) is 9.41. The average molecular weight is 189 g/mol. The van der Waals surface area contributed by atoms with E-state index in [1.54, 1.807) is 6.92 Å². The highest BCUT2D eigenvalue weighted by Gasteiger charge is 2.41. The van der Waals surface area contributed by atoms with Gasteiger partial charge in [0.15, 0.2) is 0 Å². The molecule has 1 saturated heterocycles. The Bertz CT molecular complexity index is 333. The van der Waals surface area contributed by atoms with Crippen molar-refractivity contribution in [1.29, 1.82) is 0 Å². The molecule has 0 bridgehead atoms. The van der Waals surface area contributed by atoms with Gasteiger partial charge in [-0.25, -0.2) is 0 Å². The van der Waals surface area contributed by atoms with Crippen LogP contribution in [0.2, 0.25) is 0 Å². The second-order valence-electron chi connectivity index (χ2n) is 3.91. The molecule has 1 heterocycles. The summed E-state index contributed by atoms with van der Waals surface area (Å²) < 4.78 is 0. The third kappa shape index (κ3) is 1.70. The molecule has 14 heavy (non-hydrogen) atoms. The second-order valence-corrected chi connectivity index (χ2v) is 3.91. The Morgan fingerprint density at radius 3 is 2.57 bits per heavy atom. The van der Waals surface area contributed by atoms with E-state index in [1.807, 2.05) is 18.2 Å². The predicted molar refractivity (Wildman–Crippen MR) is 56.0 cm³/mol. The number of Topliss-reactive ketones (excluding diaryl/α,β-unsaturated/α-hetero) is 1. The minimum absolute atomic E-state index is 0.171. The van der Waals surface area contributed by atoms with Gasteiger partial charge in [-0.2, -0.15) is 0 Å². The quantitative estimate of drug-likeness (QED) is 0.678. The van der Waals surface area contributed by atoms with Crippen LogP contribution in [-0.2, 0) is 4.79 Å². The first-order chi connectivity index (χ1) is 6.70. The van der Waals surface area contributed by atoms with Crippen molar-refractivity contribution in [3.8, 4) is 0 Å². The van der Waals surface area contributed by atoms with Crippen molar-refractivity contribution < 1.29 is 4.79 Å². The standard InChI is InChI=1S/C12H15NO/c1-9(11-6-4-3-5-7-11)13-8-12(13)10(2)14/h3-7,9,12H,8H2,1-2H3/t9-,12?,13-/m0/s1. The lowest BCUT2D eigenvalue weighted by Crippen LogP contribution is -2.13. The van der Waals surface area contributed by atoms with Gasteiger partial charge in [0, 0.05) is 12.6 Å². The molecular formula is C12H15NO. The molecule has 1 aliphatic rings. The molecule has 0 aliphatic carbocycles. The van der Waals surface area contributed by atoms with Crippen molar-refractivity contribution in [2.45, 2.75) is 25.9 Å². The molecule has 0 amide bonds. The smallest absolute Gasteiger partial charge is 0.148 e. The van der Waals surface area contributed by atoms with Gasteiger partial charge in [0.2, 0.25) is 0 Å². The third-order valence-corrected chi connectivity index (χ3v) is 2.90. The van der Waals surface area contributed by atoms with E-state index in [0.29, 0.717) is 6.04 Å². The minimum atomic E-state index is 0.171. The van der Waals surface area contributed by atoms with Gasteiger partial charge >= 0.3 is 0 Å². The maximum absolute atomic E-state index is 11.1. The Labute approximate surface area is 84.5 Å². The Balaban J connectivity index is 2.05. The van der Waals surface area contributed by atoms with Crippen LogP contribution in [0, 0.1) is 0 Å². The van der Waals surface area contributed by atoms with E-state index in [9.17, 15) is 4.79 Å².